The average Bonchev–Trinajstić information content (AvgIpc) is 3.06. The van der Waals surface area contributed by atoms with Crippen LogP contribution >= 0.6 is 0 Å². The Balaban J connectivity index is 1.59. The summed E-state index contributed by atoms with van der Waals surface area (Å²) in [5.41, 5.74) is 6.46. The zero-order valence-corrected chi connectivity index (χ0v) is 13.1. The quantitative estimate of drug-likeness (QED) is 0.729. The molecule has 0 fully saturated rings. The maximum atomic E-state index is 5.24. The van der Waals surface area contributed by atoms with Crippen LogP contribution in [-0.2, 0) is 6.42 Å². The molecule has 1 unspecified atom stereocenters. The lowest BCUT2D eigenvalue weighted by molar-refractivity contribution is 0.414. The number of hydrogen-bond acceptors (Lipinski definition) is 2. The Morgan fingerprint density at radius 1 is 0.870 bits per heavy atom. The third-order valence-electron chi connectivity index (χ3n) is 4.48. The number of fused-ring (bicyclic) bond motifs is 1. The van der Waals surface area contributed by atoms with E-state index in [9.17, 15) is 0 Å². The standard InChI is InChI=1S/C21H19NO/c1-23-19-10-7-16(8-11-19)21-14-18-13-17(9-12-20(18)22-21)15-5-3-2-4-6-15/h2-13,21-22H,14H2,1H3. The van der Waals surface area contributed by atoms with Crippen LogP contribution in [0.4, 0.5) is 5.69 Å². The smallest absolute Gasteiger partial charge is 0.118 e. The maximum Gasteiger partial charge on any atom is 0.118 e. The van der Waals surface area contributed by atoms with Crippen molar-refractivity contribution in [1.82, 2.24) is 0 Å². The third-order valence-corrected chi connectivity index (χ3v) is 4.48. The molecule has 0 spiro atoms. The van der Waals surface area contributed by atoms with Gasteiger partial charge in [-0.15, -0.1) is 0 Å². The molecule has 2 nitrogen and oxygen atoms in total. The normalized spacial score (nSPS) is 15.8. The highest BCUT2D eigenvalue weighted by molar-refractivity contribution is 5.70. The summed E-state index contributed by atoms with van der Waals surface area (Å²) in [6.45, 7) is 0. The number of methoxy groups -OCH3 is 1. The summed E-state index contributed by atoms with van der Waals surface area (Å²) in [5, 5.41) is 3.63. The average molecular weight is 301 g/mol. The summed E-state index contributed by atoms with van der Waals surface area (Å²) in [6.07, 6.45) is 1.02. The van der Waals surface area contributed by atoms with E-state index < -0.39 is 0 Å². The van der Waals surface area contributed by atoms with Gasteiger partial charge >= 0.3 is 0 Å². The Bertz CT molecular complexity index is 809. The van der Waals surface area contributed by atoms with Crippen LogP contribution < -0.4 is 10.1 Å². The minimum absolute atomic E-state index is 0.335. The van der Waals surface area contributed by atoms with Crippen LogP contribution in [0.2, 0.25) is 0 Å². The van der Waals surface area contributed by atoms with Gasteiger partial charge in [0.05, 0.1) is 13.2 Å². The molecule has 1 heterocycles. The molecule has 1 aliphatic heterocycles. The molecular weight excluding hydrogens is 282 g/mol. The Hall–Kier alpha value is -2.74. The van der Waals surface area contributed by atoms with Gasteiger partial charge in [0.1, 0.15) is 5.75 Å². The molecule has 23 heavy (non-hydrogen) atoms. The lowest BCUT2D eigenvalue weighted by atomic mass is 9.99. The van der Waals surface area contributed by atoms with Gasteiger partial charge in [-0.3, -0.25) is 0 Å². The molecule has 3 aromatic carbocycles. The van der Waals surface area contributed by atoms with E-state index >= 15 is 0 Å². The highest BCUT2D eigenvalue weighted by Crippen LogP contribution is 2.37. The van der Waals surface area contributed by atoms with Gasteiger partial charge in [-0.05, 0) is 52.9 Å². The van der Waals surface area contributed by atoms with Gasteiger partial charge in [-0.25, -0.2) is 0 Å². The van der Waals surface area contributed by atoms with Crippen molar-refractivity contribution < 1.29 is 4.74 Å². The minimum Gasteiger partial charge on any atom is -0.497 e. The van der Waals surface area contributed by atoms with Crippen molar-refractivity contribution in [2.24, 2.45) is 0 Å². The molecule has 1 N–H and O–H groups in total. The van der Waals surface area contributed by atoms with Crippen LogP contribution in [0.5, 0.6) is 5.75 Å². The largest absolute Gasteiger partial charge is 0.497 e. The number of hydrogen-bond donors (Lipinski definition) is 1. The molecule has 3 aromatic rings. The van der Waals surface area contributed by atoms with Crippen molar-refractivity contribution in [1.29, 1.82) is 0 Å². The first-order chi connectivity index (χ1) is 11.3. The highest BCUT2D eigenvalue weighted by atomic mass is 16.5. The Kier molecular flexibility index (Phi) is 3.51. The third kappa shape index (κ3) is 2.68. The zero-order valence-electron chi connectivity index (χ0n) is 13.1. The summed E-state index contributed by atoms with van der Waals surface area (Å²) in [4.78, 5) is 0. The number of benzene rings is 3. The van der Waals surface area contributed by atoms with Crippen LogP contribution in [0.25, 0.3) is 11.1 Å². The van der Waals surface area contributed by atoms with E-state index in [2.05, 4.69) is 66.0 Å². The second-order valence-corrected chi connectivity index (χ2v) is 5.91. The number of nitrogens with one attached hydrogen (secondary N) is 1. The summed E-state index contributed by atoms with van der Waals surface area (Å²) < 4.78 is 5.24. The topological polar surface area (TPSA) is 21.3 Å². The SMILES string of the molecule is COc1ccc(C2Cc3cc(-c4ccccc4)ccc3N2)cc1. The lowest BCUT2D eigenvalue weighted by Crippen LogP contribution is -2.05. The second-order valence-electron chi connectivity index (χ2n) is 5.91. The van der Waals surface area contributed by atoms with Gasteiger partial charge in [-0.1, -0.05) is 48.5 Å². The Morgan fingerprint density at radius 3 is 2.39 bits per heavy atom. The monoisotopic (exact) mass is 301 g/mol. The zero-order chi connectivity index (χ0) is 15.6. The molecular formula is C21H19NO. The molecule has 0 aliphatic carbocycles. The summed E-state index contributed by atoms with van der Waals surface area (Å²) in [7, 11) is 1.70. The van der Waals surface area contributed by atoms with Crippen molar-refractivity contribution in [3.8, 4) is 16.9 Å². The summed E-state index contributed by atoms with van der Waals surface area (Å²) in [6, 6.07) is 25.9. The predicted molar refractivity (Wildman–Crippen MR) is 94.9 cm³/mol. The molecule has 4 rings (SSSR count). The van der Waals surface area contributed by atoms with E-state index in [0.29, 0.717) is 6.04 Å². The molecule has 1 aliphatic rings. The van der Waals surface area contributed by atoms with Crippen LogP contribution in [0, 0.1) is 0 Å². The molecule has 0 radical (unpaired) electrons. The van der Waals surface area contributed by atoms with E-state index in [-0.39, 0.29) is 0 Å². The van der Waals surface area contributed by atoms with Gasteiger partial charge in [-0.2, -0.15) is 0 Å². The van der Waals surface area contributed by atoms with Gasteiger partial charge in [0.25, 0.3) is 0 Å². The fraction of sp³-hybridized carbons (Fsp3) is 0.143. The van der Waals surface area contributed by atoms with Crippen molar-refractivity contribution in [3.63, 3.8) is 0 Å². The second kappa shape index (κ2) is 5.81. The number of anilines is 1. The lowest BCUT2D eigenvalue weighted by Gasteiger charge is -2.12. The van der Waals surface area contributed by atoms with E-state index in [0.717, 1.165) is 12.2 Å². The maximum absolute atomic E-state index is 5.24. The van der Waals surface area contributed by atoms with Crippen molar-refractivity contribution in [2.75, 3.05) is 12.4 Å². The molecule has 0 aromatic heterocycles. The molecule has 0 saturated carbocycles. The fourth-order valence-electron chi connectivity index (χ4n) is 3.21. The van der Waals surface area contributed by atoms with Gasteiger partial charge < -0.3 is 10.1 Å². The first kappa shape index (κ1) is 13.9. The van der Waals surface area contributed by atoms with Crippen LogP contribution in [0.3, 0.4) is 0 Å². The summed E-state index contributed by atoms with van der Waals surface area (Å²) in [5.74, 6) is 0.899. The van der Waals surface area contributed by atoms with E-state index in [1.54, 1.807) is 7.11 Å². The van der Waals surface area contributed by atoms with E-state index in [4.69, 9.17) is 4.74 Å². The molecule has 114 valence electrons. The molecule has 2 heteroatoms. The molecule has 0 amide bonds. The van der Waals surface area contributed by atoms with Crippen molar-refractivity contribution in [2.45, 2.75) is 12.5 Å². The molecule has 0 saturated heterocycles. The minimum atomic E-state index is 0.335. The van der Waals surface area contributed by atoms with Crippen LogP contribution in [0.1, 0.15) is 17.2 Å². The van der Waals surface area contributed by atoms with Crippen LogP contribution in [0.15, 0.2) is 72.8 Å². The first-order valence-electron chi connectivity index (χ1n) is 7.92. The van der Waals surface area contributed by atoms with Gasteiger partial charge in [0.2, 0.25) is 0 Å². The van der Waals surface area contributed by atoms with Gasteiger partial charge in [0.15, 0.2) is 0 Å². The fourth-order valence-corrected chi connectivity index (χ4v) is 3.21. The number of rotatable bonds is 3. The summed E-state index contributed by atoms with van der Waals surface area (Å²) >= 11 is 0. The number of ether oxygens (including phenoxy) is 1. The Labute approximate surface area is 136 Å². The molecule has 1 atom stereocenters. The van der Waals surface area contributed by atoms with E-state index in [1.807, 2.05) is 12.1 Å². The predicted octanol–water partition coefficient (Wildman–Crippen LogP) is 5.07. The molecule has 0 bridgehead atoms. The van der Waals surface area contributed by atoms with Crippen molar-refractivity contribution in [3.05, 3.63) is 83.9 Å². The van der Waals surface area contributed by atoms with E-state index in [1.165, 1.54) is 27.9 Å². The highest BCUT2D eigenvalue weighted by Gasteiger charge is 2.22. The van der Waals surface area contributed by atoms with Gasteiger partial charge in [0, 0.05) is 5.69 Å². The first-order valence-corrected chi connectivity index (χ1v) is 7.92. The Morgan fingerprint density at radius 2 is 1.65 bits per heavy atom. The van der Waals surface area contributed by atoms with Crippen molar-refractivity contribution >= 4 is 5.69 Å². The van der Waals surface area contributed by atoms with Crippen LogP contribution in [-0.4, -0.2) is 7.11 Å².